The van der Waals surface area contributed by atoms with Crippen LogP contribution in [0, 0.1) is 5.92 Å². The highest BCUT2D eigenvalue weighted by molar-refractivity contribution is 7.09. The molecule has 2 N–H and O–H groups in total. The largest absolute Gasteiger partial charge is 0.481 e. The average molecular weight is 385 g/mol. The molecule has 0 aliphatic carbocycles. The molecule has 2 fully saturated rings. The number of benzene rings is 1. The molecule has 142 valence electrons. The summed E-state index contributed by atoms with van der Waals surface area (Å²) in [7, 11) is 0. The Morgan fingerprint density at radius 2 is 2.04 bits per heavy atom. The third-order valence-corrected chi connectivity index (χ3v) is 6.55. The molecule has 0 bridgehead atoms. The molecule has 27 heavy (non-hydrogen) atoms. The van der Waals surface area contributed by atoms with Gasteiger partial charge >= 0.3 is 5.97 Å². The van der Waals surface area contributed by atoms with Gasteiger partial charge in [-0.2, -0.15) is 0 Å². The summed E-state index contributed by atoms with van der Waals surface area (Å²) in [4.78, 5) is 30.9. The molecule has 2 aliphatic heterocycles. The summed E-state index contributed by atoms with van der Waals surface area (Å²) in [5.74, 6) is -1.42. The van der Waals surface area contributed by atoms with Gasteiger partial charge in [0.05, 0.1) is 10.9 Å². The van der Waals surface area contributed by atoms with Gasteiger partial charge in [-0.05, 0) is 24.9 Å². The predicted molar refractivity (Wildman–Crippen MR) is 103 cm³/mol. The number of aliphatic carboxylic acids is 1. The van der Waals surface area contributed by atoms with Gasteiger partial charge in [-0.1, -0.05) is 30.3 Å². The first kappa shape index (κ1) is 18.1. The molecule has 1 amide bonds. The minimum Gasteiger partial charge on any atom is -0.481 e. The molecule has 1 aromatic carbocycles. The van der Waals surface area contributed by atoms with Gasteiger partial charge in [-0.3, -0.25) is 9.59 Å². The molecule has 1 aromatic heterocycles. The Labute approximate surface area is 162 Å². The third-order valence-electron chi connectivity index (χ3n) is 5.54. The fraction of sp³-hybridized carbons (Fsp3) is 0.450. The van der Waals surface area contributed by atoms with Crippen LogP contribution in [0.1, 0.15) is 45.7 Å². The maximum atomic E-state index is 12.9. The van der Waals surface area contributed by atoms with Crippen molar-refractivity contribution in [1.82, 2.24) is 15.2 Å². The Morgan fingerprint density at radius 1 is 1.22 bits per heavy atom. The van der Waals surface area contributed by atoms with Crippen LogP contribution in [0.5, 0.6) is 0 Å². The van der Waals surface area contributed by atoms with Crippen LogP contribution in [-0.4, -0.2) is 53.0 Å². The molecule has 2 saturated heterocycles. The standard InChI is InChI=1S/C20H23N3O3S/c24-19(17-12-27-18(22-17)14-7-4-8-21-9-14)23-10-15(16(11-23)20(25)26)13-5-2-1-3-6-13/h1-3,5-6,12,14-16,21H,4,7-11H2,(H,25,26)/t14?,15-,16+/m0/s1. The normalized spacial score (nSPS) is 25.5. The summed E-state index contributed by atoms with van der Waals surface area (Å²) >= 11 is 1.53. The second-order valence-electron chi connectivity index (χ2n) is 7.29. The van der Waals surface area contributed by atoms with Crippen LogP contribution < -0.4 is 5.32 Å². The van der Waals surface area contributed by atoms with Gasteiger partial charge in [0.15, 0.2) is 0 Å². The lowest BCUT2D eigenvalue weighted by molar-refractivity contribution is -0.141. The quantitative estimate of drug-likeness (QED) is 0.845. The van der Waals surface area contributed by atoms with E-state index in [0.29, 0.717) is 18.2 Å². The van der Waals surface area contributed by atoms with Crippen molar-refractivity contribution in [2.45, 2.75) is 24.7 Å². The summed E-state index contributed by atoms with van der Waals surface area (Å²) < 4.78 is 0. The monoisotopic (exact) mass is 385 g/mol. The molecular weight excluding hydrogens is 362 g/mol. The van der Waals surface area contributed by atoms with Crippen molar-refractivity contribution in [3.63, 3.8) is 0 Å². The fourth-order valence-corrected chi connectivity index (χ4v) is 4.99. The number of likely N-dealkylation sites (tertiary alicyclic amines) is 1. The molecule has 3 atom stereocenters. The summed E-state index contributed by atoms with van der Waals surface area (Å²) in [6, 6.07) is 9.60. The Bertz CT molecular complexity index is 817. The Morgan fingerprint density at radius 3 is 2.74 bits per heavy atom. The molecular formula is C20H23N3O3S. The van der Waals surface area contributed by atoms with Gasteiger partial charge in [0, 0.05) is 36.9 Å². The minimum absolute atomic E-state index is 0.161. The van der Waals surface area contributed by atoms with Crippen LogP contribution in [0.3, 0.4) is 0 Å². The van der Waals surface area contributed by atoms with Gasteiger partial charge in [-0.25, -0.2) is 4.98 Å². The number of thiazole rings is 1. The smallest absolute Gasteiger partial charge is 0.308 e. The van der Waals surface area contributed by atoms with Crippen LogP contribution in [0.4, 0.5) is 0 Å². The molecule has 2 aliphatic rings. The first-order valence-electron chi connectivity index (χ1n) is 9.36. The minimum atomic E-state index is -0.855. The van der Waals surface area contributed by atoms with Crippen molar-refractivity contribution >= 4 is 23.2 Å². The zero-order chi connectivity index (χ0) is 18.8. The van der Waals surface area contributed by atoms with E-state index in [1.165, 1.54) is 11.3 Å². The molecule has 1 unspecified atom stereocenters. The van der Waals surface area contributed by atoms with E-state index in [4.69, 9.17) is 0 Å². The van der Waals surface area contributed by atoms with E-state index in [-0.39, 0.29) is 18.4 Å². The number of hydrogen-bond acceptors (Lipinski definition) is 5. The molecule has 4 rings (SSSR count). The second kappa shape index (κ2) is 7.78. The lowest BCUT2D eigenvalue weighted by atomic mass is 9.89. The van der Waals surface area contributed by atoms with Gasteiger partial charge in [-0.15, -0.1) is 11.3 Å². The van der Waals surface area contributed by atoms with E-state index in [0.717, 1.165) is 36.5 Å². The number of aromatic nitrogens is 1. The highest BCUT2D eigenvalue weighted by atomic mass is 32.1. The van der Waals surface area contributed by atoms with Crippen LogP contribution in [-0.2, 0) is 4.79 Å². The first-order chi connectivity index (χ1) is 13.1. The lowest BCUT2D eigenvalue weighted by Crippen LogP contribution is -2.30. The van der Waals surface area contributed by atoms with Crippen LogP contribution in [0.25, 0.3) is 0 Å². The Balaban J connectivity index is 1.50. The number of amides is 1. The van der Waals surface area contributed by atoms with Crippen molar-refractivity contribution in [1.29, 1.82) is 0 Å². The van der Waals surface area contributed by atoms with E-state index < -0.39 is 11.9 Å². The summed E-state index contributed by atoms with van der Waals surface area (Å²) in [5, 5.41) is 15.8. The van der Waals surface area contributed by atoms with Crippen molar-refractivity contribution in [3.05, 3.63) is 52.0 Å². The van der Waals surface area contributed by atoms with E-state index in [1.807, 2.05) is 35.7 Å². The number of carbonyl (C=O) groups is 2. The molecule has 0 radical (unpaired) electrons. The van der Waals surface area contributed by atoms with Crippen LogP contribution in [0.15, 0.2) is 35.7 Å². The topological polar surface area (TPSA) is 82.5 Å². The SMILES string of the molecule is O=C(O)[C@@H]1CN(C(=O)c2csc(C3CCCNC3)n2)C[C@H]1c1ccccc1. The number of piperidine rings is 1. The summed E-state index contributed by atoms with van der Waals surface area (Å²) in [6.07, 6.45) is 2.22. The van der Waals surface area contributed by atoms with Gasteiger partial charge in [0.2, 0.25) is 0 Å². The zero-order valence-electron chi connectivity index (χ0n) is 15.0. The van der Waals surface area contributed by atoms with Gasteiger partial charge < -0.3 is 15.3 Å². The Hall–Kier alpha value is -2.25. The fourth-order valence-electron chi connectivity index (χ4n) is 4.06. The number of nitrogens with zero attached hydrogens (tertiary/aromatic N) is 2. The maximum Gasteiger partial charge on any atom is 0.308 e. The number of hydrogen-bond donors (Lipinski definition) is 2. The molecule has 7 heteroatoms. The zero-order valence-corrected chi connectivity index (χ0v) is 15.8. The number of rotatable bonds is 4. The Kier molecular flexibility index (Phi) is 5.22. The van der Waals surface area contributed by atoms with Crippen molar-refractivity contribution in [2.24, 2.45) is 5.92 Å². The maximum absolute atomic E-state index is 12.9. The highest BCUT2D eigenvalue weighted by Crippen LogP contribution is 2.34. The third kappa shape index (κ3) is 3.75. The summed E-state index contributed by atoms with van der Waals surface area (Å²) in [5.41, 5.74) is 1.41. The molecule has 0 saturated carbocycles. The van der Waals surface area contributed by atoms with Crippen molar-refractivity contribution in [3.8, 4) is 0 Å². The number of nitrogens with one attached hydrogen (secondary N) is 1. The number of carbonyl (C=O) groups excluding carboxylic acids is 1. The molecule has 0 spiro atoms. The van der Waals surface area contributed by atoms with E-state index in [1.54, 1.807) is 4.90 Å². The predicted octanol–water partition coefficient (Wildman–Crippen LogP) is 2.55. The molecule has 3 heterocycles. The van der Waals surface area contributed by atoms with E-state index >= 15 is 0 Å². The molecule has 2 aromatic rings. The van der Waals surface area contributed by atoms with Crippen LogP contribution >= 0.6 is 11.3 Å². The summed E-state index contributed by atoms with van der Waals surface area (Å²) in [6.45, 7) is 2.59. The van der Waals surface area contributed by atoms with Gasteiger partial charge in [0.1, 0.15) is 5.69 Å². The van der Waals surface area contributed by atoms with Crippen LogP contribution in [0.2, 0.25) is 0 Å². The molecule has 6 nitrogen and oxygen atoms in total. The highest BCUT2D eigenvalue weighted by Gasteiger charge is 2.41. The second-order valence-corrected chi connectivity index (χ2v) is 8.18. The number of carboxylic acids is 1. The van der Waals surface area contributed by atoms with E-state index in [2.05, 4.69) is 10.3 Å². The van der Waals surface area contributed by atoms with E-state index in [9.17, 15) is 14.7 Å². The lowest BCUT2D eigenvalue weighted by Gasteiger charge is -2.20. The first-order valence-corrected chi connectivity index (χ1v) is 10.2. The van der Waals surface area contributed by atoms with Gasteiger partial charge in [0.25, 0.3) is 5.91 Å². The van der Waals surface area contributed by atoms with Crippen molar-refractivity contribution < 1.29 is 14.7 Å². The number of carboxylic acid groups (broad SMARTS) is 1. The average Bonchev–Trinajstić information content (AvgIpc) is 3.37. The van der Waals surface area contributed by atoms with Crippen molar-refractivity contribution in [2.75, 3.05) is 26.2 Å².